The third-order valence-electron chi connectivity index (χ3n) is 2.58. The molecule has 1 unspecified atom stereocenters. The Morgan fingerprint density at radius 3 is 2.59 bits per heavy atom. The van der Waals surface area contributed by atoms with Gasteiger partial charge in [-0.1, -0.05) is 6.92 Å². The fourth-order valence-electron chi connectivity index (χ4n) is 1.50. The lowest BCUT2D eigenvalue weighted by Gasteiger charge is -2.21. The zero-order valence-corrected chi connectivity index (χ0v) is 11.2. The van der Waals surface area contributed by atoms with Gasteiger partial charge in [0.05, 0.1) is 11.8 Å². The van der Waals surface area contributed by atoms with Crippen molar-refractivity contribution in [1.29, 1.82) is 0 Å². The molecule has 17 heavy (non-hydrogen) atoms. The SMILES string of the molecule is CCC(CN)S(=O)(=O)N(C)Cc1n[nH]c(C)n1. The van der Waals surface area contributed by atoms with Gasteiger partial charge >= 0.3 is 0 Å². The van der Waals surface area contributed by atoms with Crippen LogP contribution in [0, 0.1) is 6.92 Å². The molecule has 1 atom stereocenters. The number of nitrogens with two attached hydrogens (primary N) is 1. The van der Waals surface area contributed by atoms with Gasteiger partial charge in [0.25, 0.3) is 0 Å². The quantitative estimate of drug-likeness (QED) is 0.725. The molecule has 1 heterocycles. The molecule has 7 nitrogen and oxygen atoms in total. The molecule has 0 saturated carbocycles. The van der Waals surface area contributed by atoms with E-state index in [1.54, 1.807) is 13.8 Å². The summed E-state index contributed by atoms with van der Waals surface area (Å²) in [6, 6.07) is 0. The summed E-state index contributed by atoms with van der Waals surface area (Å²) in [4.78, 5) is 4.07. The van der Waals surface area contributed by atoms with Crippen molar-refractivity contribution in [3.8, 4) is 0 Å². The van der Waals surface area contributed by atoms with Gasteiger partial charge in [-0.15, -0.1) is 0 Å². The highest BCUT2D eigenvalue weighted by Gasteiger charge is 2.27. The molecule has 0 aliphatic carbocycles. The second-order valence-electron chi connectivity index (χ2n) is 3.90. The molecule has 0 bridgehead atoms. The number of H-pyrrole nitrogens is 1. The van der Waals surface area contributed by atoms with Crippen molar-refractivity contribution < 1.29 is 8.42 Å². The van der Waals surface area contributed by atoms with E-state index in [0.717, 1.165) is 0 Å². The molecule has 98 valence electrons. The van der Waals surface area contributed by atoms with Crippen LogP contribution in [-0.2, 0) is 16.6 Å². The van der Waals surface area contributed by atoms with Crippen LogP contribution in [0.3, 0.4) is 0 Å². The number of hydrogen-bond acceptors (Lipinski definition) is 5. The number of sulfonamides is 1. The minimum Gasteiger partial charge on any atom is -0.329 e. The van der Waals surface area contributed by atoms with E-state index in [1.165, 1.54) is 11.4 Å². The van der Waals surface area contributed by atoms with Crippen molar-refractivity contribution in [1.82, 2.24) is 19.5 Å². The minimum absolute atomic E-state index is 0.121. The lowest BCUT2D eigenvalue weighted by molar-refractivity contribution is 0.444. The molecule has 1 rings (SSSR count). The van der Waals surface area contributed by atoms with Crippen LogP contribution >= 0.6 is 0 Å². The van der Waals surface area contributed by atoms with Crippen LogP contribution in [0.25, 0.3) is 0 Å². The van der Waals surface area contributed by atoms with Gasteiger partial charge < -0.3 is 5.73 Å². The number of nitrogens with one attached hydrogen (secondary N) is 1. The summed E-state index contributed by atoms with van der Waals surface area (Å²) in [5, 5.41) is 6.03. The number of rotatable bonds is 6. The van der Waals surface area contributed by atoms with Crippen LogP contribution in [0.1, 0.15) is 25.0 Å². The Balaban J connectivity index is 2.79. The fourth-order valence-corrected chi connectivity index (χ4v) is 2.97. The predicted octanol–water partition coefficient (Wildman–Crippen LogP) is -0.388. The Morgan fingerprint density at radius 1 is 1.53 bits per heavy atom. The molecule has 0 amide bonds. The first kappa shape index (κ1) is 14.1. The van der Waals surface area contributed by atoms with Crippen LogP contribution in [0.5, 0.6) is 0 Å². The lowest BCUT2D eigenvalue weighted by atomic mass is 10.3. The molecule has 0 fully saturated rings. The summed E-state index contributed by atoms with van der Waals surface area (Å²) in [5.41, 5.74) is 5.46. The summed E-state index contributed by atoms with van der Waals surface area (Å²) in [7, 11) is -1.86. The molecule has 0 radical (unpaired) electrons. The van der Waals surface area contributed by atoms with Crippen LogP contribution in [0.4, 0.5) is 0 Å². The van der Waals surface area contributed by atoms with E-state index < -0.39 is 15.3 Å². The highest BCUT2D eigenvalue weighted by Crippen LogP contribution is 2.11. The van der Waals surface area contributed by atoms with Gasteiger partial charge in [-0.25, -0.2) is 13.4 Å². The van der Waals surface area contributed by atoms with Gasteiger partial charge in [-0.05, 0) is 13.3 Å². The zero-order valence-electron chi connectivity index (χ0n) is 10.3. The normalized spacial score (nSPS) is 14.2. The Bertz CT molecular complexity index is 452. The van der Waals surface area contributed by atoms with Gasteiger partial charge in [0.15, 0.2) is 5.82 Å². The number of hydrogen-bond donors (Lipinski definition) is 2. The van der Waals surface area contributed by atoms with E-state index in [0.29, 0.717) is 18.1 Å². The van der Waals surface area contributed by atoms with Crippen LogP contribution in [-0.4, -0.2) is 46.7 Å². The average Bonchev–Trinajstić information content (AvgIpc) is 2.65. The van der Waals surface area contributed by atoms with Crippen molar-refractivity contribution in [2.45, 2.75) is 32.1 Å². The first-order valence-electron chi connectivity index (χ1n) is 5.44. The second-order valence-corrected chi connectivity index (χ2v) is 6.22. The average molecular weight is 261 g/mol. The Labute approximate surface area is 101 Å². The highest BCUT2D eigenvalue weighted by molar-refractivity contribution is 7.89. The molecule has 0 spiro atoms. The van der Waals surface area contributed by atoms with Crippen LogP contribution in [0.2, 0.25) is 0 Å². The number of aromatic nitrogens is 3. The molecule has 1 aromatic heterocycles. The van der Waals surface area contributed by atoms with Gasteiger partial charge in [0.1, 0.15) is 5.82 Å². The van der Waals surface area contributed by atoms with Crippen molar-refractivity contribution >= 4 is 10.0 Å². The summed E-state index contributed by atoms with van der Waals surface area (Å²) in [6.07, 6.45) is 0.496. The molecule has 1 aromatic rings. The molecule has 0 aliphatic rings. The van der Waals surface area contributed by atoms with Crippen LogP contribution < -0.4 is 5.73 Å². The van der Waals surface area contributed by atoms with Gasteiger partial charge in [0.2, 0.25) is 10.0 Å². The fraction of sp³-hybridized carbons (Fsp3) is 0.778. The molecular formula is C9H19N5O2S. The number of aromatic amines is 1. The lowest BCUT2D eigenvalue weighted by Crippen LogP contribution is -2.39. The standard InChI is InChI=1S/C9H19N5O2S/c1-4-8(5-10)17(15,16)14(3)6-9-11-7(2)12-13-9/h8H,4-6,10H2,1-3H3,(H,11,12,13). The first-order valence-corrected chi connectivity index (χ1v) is 6.95. The van der Waals surface area contributed by atoms with Gasteiger partial charge in [-0.2, -0.15) is 9.40 Å². The molecule has 8 heteroatoms. The Kier molecular flexibility index (Phi) is 4.61. The second kappa shape index (κ2) is 5.56. The topological polar surface area (TPSA) is 105 Å². The van der Waals surface area contributed by atoms with Gasteiger partial charge in [-0.3, -0.25) is 5.10 Å². The van der Waals surface area contributed by atoms with Crippen molar-refractivity contribution in [3.05, 3.63) is 11.6 Å². The number of aryl methyl sites for hydroxylation is 1. The first-order chi connectivity index (χ1) is 7.91. The van der Waals surface area contributed by atoms with E-state index in [9.17, 15) is 8.42 Å². The molecule has 0 aliphatic heterocycles. The van der Waals surface area contributed by atoms with E-state index in [1.807, 2.05) is 0 Å². The third-order valence-corrected chi connectivity index (χ3v) is 4.95. The largest absolute Gasteiger partial charge is 0.329 e. The molecular weight excluding hydrogens is 242 g/mol. The smallest absolute Gasteiger partial charge is 0.218 e. The maximum Gasteiger partial charge on any atom is 0.218 e. The van der Waals surface area contributed by atoms with Crippen molar-refractivity contribution in [2.75, 3.05) is 13.6 Å². The van der Waals surface area contributed by atoms with Gasteiger partial charge in [0, 0.05) is 13.6 Å². The van der Waals surface area contributed by atoms with E-state index in [2.05, 4.69) is 15.2 Å². The minimum atomic E-state index is -3.38. The third kappa shape index (κ3) is 3.24. The maximum atomic E-state index is 12.1. The Morgan fingerprint density at radius 2 is 2.18 bits per heavy atom. The Hall–Kier alpha value is -0.990. The zero-order chi connectivity index (χ0) is 13.1. The summed E-state index contributed by atoms with van der Waals surface area (Å²) in [5.74, 6) is 1.12. The van der Waals surface area contributed by atoms with Crippen molar-refractivity contribution in [3.63, 3.8) is 0 Å². The molecule has 3 N–H and O–H groups in total. The van der Waals surface area contributed by atoms with E-state index >= 15 is 0 Å². The maximum absolute atomic E-state index is 12.1. The van der Waals surface area contributed by atoms with Crippen LogP contribution in [0.15, 0.2) is 0 Å². The summed E-state index contributed by atoms with van der Waals surface area (Å²) < 4.78 is 25.4. The monoisotopic (exact) mass is 261 g/mol. The van der Waals surface area contributed by atoms with E-state index in [-0.39, 0.29) is 13.1 Å². The highest BCUT2D eigenvalue weighted by atomic mass is 32.2. The summed E-state index contributed by atoms with van der Waals surface area (Å²) in [6.45, 7) is 3.85. The summed E-state index contributed by atoms with van der Waals surface area (Å²) >= 11 is 0. The predicted molar refractivity (Wildman–Crippen MR) is 64.6 cm³/mol. The molecule has 0 aromatic carbocycles. The number of nitrogens with zero attached hydrogens (tertiary/aromatic N) is 3. The molecule has 0 saturated heterocycles. The van der Waals surface area contributed by atoms with E-state index in [4.69, 9.17) is 5.73 Å². The van der Waals surface area contributed by atoms with Crippen molar-refractivity contribution in [2.24, 2.45) is 5.73 Å².